The average molecular weight is 375 g/mol. The second-order valence-corrected chi connectivity index (χ2v) is 7.95. The SMILES string of the molecule is CCC[C@@H](C)N1CC2(CCN(C(=O)c3c(C)cc(C)[nH]c3=O)CC2)OC1=O. The number of nitrogens with one attached hydrogen (secondary N) is 1. The van der Waals surface area contributed by atoms with E-state index in [-0.39, 0.29) is 29.2 Å². The number of aromatic amines is 1. The van der Waals surface area contributed by atoms with Gasteiger partial charge in [-0.2, -0.15) is 0 Å². The van der Waals surface area contributed by atoms with Crippen molar-refractivity contribution in [3.8, 4) is 0 Å². The highest BCUT2D eigenvalue weighted by molar-refractivity contribution is 5.95. The minimum absolute atomic E-state index is 0.162. The van der Waals surface area contributed by atoms with Gasteiger partial charge in [0.2, 0.25) is 0 Å². The summed E-state index contributed by atoms with van der Waals surface area (Å²) in [5.74, 6) is -0.246. The number of ether oxygens (including phenoxy) is 1. The zero-order valence-electron chi connectivity index (χ0n) is 16.6. The van der Waals surface area contributed by atoms with Gasteiger partial charge in [-0.15, -0.1) is 0 Å². The predicted octanol–water partition coefficient (Wildman–Crippen LogP) is 2.61. The number of aryl methyl sites for hydroxylation is 2. The van der Waals surface area contributed by atoms with Crippen molar-refractivity contribution in [2.24, 2.45) is 0 Å². The number of H-pyrrole nitrogens is 1. The molecule has 27 heavy (non-hydrogen) atoms. The van der Waals surface area contributed by atoms with Crippen LogP contribution >= 0.6 is 0 Å². The van der Waals surface area contributed by atoms with E-state index in [9.17, 15) is 14.4 Å². The van der Waals surface area contributed by atoms with E-state index in [1.165, 1.54) is 0 Å². The molecule has 3 heterocycles. The molecule has 1 aromatic heterocycles. The number of nitrogens with zero attached hydrogens (tertiary/aromatic N) is 2. The van der Waals surface area contributed by atoms with Gasteiger partial charge in [0.1, 0.15) is 11.2 Å². The summed E-state index contributed by atoms with van der Waals surface area (Å²) < 4.78 is 5.75. The van der Waals surface area contributed by atoms with Crippen LogP contribution in [0.15, 0.2) is 10.9 Å². The molecule has 2 fully saturated rings. The largest absolute Gasteiger partial charge is 0.441 e. The second-order valence-electron chi connectivity index (χ2n) is 7.95. The second kappa shape index (κ2) is 7.37. The molecule has 0 aliphatic carbocycles. The van der Waals surface area contributed by atoms with Gasteiger partial charge in [0.05, 0.1) is 6.54 Å². The van der Waals surface area contributed by atoms with E-state index in [1.807, 2.05) is 11.0 Å². The Hall–Kier alpha value is -2.31. The topological polar surface area (TPSA) is 82.7 Å². The fourth-order valence-corrected chi connectivity index (χ4v) is 4.22. The van der Waals surface area contributed by atoms with Gasteiger partial charge in [-0.05, 0) is 38.8 Å². The van der Waals surface area contributed by atoms with Gasteiger partial charge in [0, 0.05) is 37.7 Å². The number of likely N-dealkylation sites (tertiary alicyclic amines) is 1. The Bertz CT molecular complexity index is 793. The van der Waals surface area contributed by atoms with E-state index in [1.54, 1.807) is 18.7 Å². The van der Waals surface area contributed by atoms with Crippen molar-refractivity contribution < 1.29 is 14.3 Å². The first kappa shape index (κ1) is 19.5. The third-order valence-corrected chi connectivity index (χ3v) is 5.78. The number of pyridine rings is 1. The number of amides is 2. The molecule has 2 amide bonds. The predicted molar refractivity (Wildman–Crippen MR) is 102 cm³/mol. The zero-order chi connectivity index (χ0) is 19.8. The van der Waals surface area contributed by atoms with Gasteiger partial charge in [-0.1, -0.05) is 13.3 Å². The van der Waals surface area contributed by atoms with Crippen LogP contribution in [0.3, 0.4) is 0 Å². The Kier molecular flexibility index (Phi) is 5.31. The summed E-state index contributed by atoms with van der Waals surface area (Å²) in [4.78, 5) is 43.6. The number of rotatable bonds is 4. The van der Waals surface area contributed by atoms with Gasteiger partial charge >= 0.3 is 6.09 Å². The van der Waals surface area contributed by atoms with E-state index < -0.39 is 5.60 Å². The molecule has 7 heteroatoms. The number of aromatic nitrogens is 1. The molecule has 148 valence electrons. The van der Waals surface area contributed by atoms with Crippen LogP contribution in [0.5, 0.6) is 0 Å². The van der Waals surface area contributed by atoms with Crippen LogP contribution < -0.4 is 5.56 Å². The maximum Gasteiger partial charge on any atom is 0.410 e. The average Bonchev–Trinajstić information content (AvgIpc) is 2.91. The van der Waals surface area contributed by atoms with E-state index in [2.05, 4.69) is 18.8 Å². The lowest BCUT2D eigenvalue weighted by Gasteiger charge is -2.37. The molecule has 1 atom stereocenters. The first-order valence-corrected chi connectivity index (χ1v) is 9.76. The van der Waals surface area contributed by atoms with Crippen molar-refractivity contribution in [1.82, 2.24) is 14.8 Å². The lowest BCUT2D eigenvalue weighted by molar-refractivity contribution is 0.00300. The van der Waals surface area contributed by atoms with E-state index in [4.69, 9.17) is 4.74 Å². The summed E-state index contributed by atoms with van der Waals surface area (Å²) in [5.41, 5.74) is 0.784. The van der Waals surface area contributed by atoms with Gasteiger partial charge in [0.15, 0.2) is 0 Å². The zero-order valence-corrected chi connectivity index (χ0v) is 16.6. The van der Waals surface area contributed by atoms with E-state index in [0.717, 1.165) is 18.5 Å². The van der Waals surface area contributed by atoms with Crippen LogP contribution in [0.1, 0.15) is 61.1 Å². The molecule has 0 bridgehead atoms. The smallest absolute Gasteiger partial charge is 0.410 e. The number of piperidine rings is 1. The third kappa shape index (κ3) is 3.73. The summed E-state index contributed by atoms with van der Waals surface area (Å²) in [5, 5.41) is 0. The van der Waals surface area contributed by atoms with Crippen LogP contribution in [0.25, 0.3) is 0 Å². The Morgan fingerprint density at radius 2 is 1.96 bits per heavy atom. The van der Waals surface area contributed by atoms with Gasteiger partial charge < -0.3 is 19.5 Å². The van der Waals surface area contributed by atoms with Crippen molar-refractivity contribution in [1.29, 1.82) is 0 Å². The highest BCUT2D eigenvalue weighted by Gasteiger charge is 2.48. The molecule has 1 aromatic rings. The monoisotopic (exact) mass is 375 g/mol. The molecule has 7 nitrogen and oxygen atoms in total. The van der Waals surface area contributed by atoms with E-state index >= 15 is 0 Å². The summed E-state index contributed by atoms with van der Waals surface area (Å²) in [6.45, 7) is 9.28. The molecule has 2 aliphatic rings. The quantitative estimate of drug-likeness (QED) is 0.877. The first-order valence-electron chi connectivity index (χ1n) is 9.76. The normalized spacial score (nSPS) is 20.1. The Labute approximate surface area is 159 Å². The molecule has 1 spiro atoms. The van der Waals surface area contributed by atoms with Crippen LogP contribution in [-0.2, 0) is 4.74 Å². The highest BCUT2D eigenvalue weighted by atomic mass is 16.6. The highest BCUT2D eigenvalue weighted by Crippen LogP contribution is 2.35. The molecule has 0 aromatic carbocycles. The molecular formula is C20H29N3O4. The maximum absolute atomic E-state index is 12.9. The van der Waals surface area contributed by atoms with Crippen molar-refractivity contribution >= 4 is 12.0 Å². The van der Waals surface area contributed by atoms with Crippen LogP contribution in [0, 0.1) is 13.8 Å². The lowest BCUT2D eigenvalue weighted by Crippen LogP contribution is -2.50. The molecule has 0 saturated carbocycles. The molecule has 1 N–H and O–H groups in total. The number of carbonyl (C=O) groups excluding carboxylic acids is 2. The standard InChI is InChI=1S/C20H29N3O4/c1-5-6-15(4)23-12-20(27-19(23)26)7-9-22(10-8-20)18(25)16-13(2)11-14(3)21-17(16)24/h11,15H,5-10,12H2,1-4H3,(H,21,24)/t15-/m1/s1. The summed E-state index contributed by atoms with van der Waals surface area (Å²) >= 11 is 0. The molecular weight excluding hydrogens is 346 g/mol. The number of hydrogen-bond acceptors (Lipinski definition) is 4. The Morgan fingerprint density at radius 3 is 2.56 bits per heavy atom. The van der Waals surface area contributed by atoms with Gasteiger partial charge in [-0.25, -0.2) is 4.79 Å². The minimum Gasteiger partial charge on any atom is -0.441 e. The van der Waals surface area contributed by atoms with Crippen LogP contribution in [-0.4, -0.2) is 58.1 Å². The molecule has 3 rings (SSSR count). The molecule has 2 saturated heterocycles. The summed E-state index contributed by atoms with van der Waals surface area (Å²) in [7, 11) is 0. The van der Waals surface area contributed by atoms with E-state index in [0.29, 0.717) is 38.0 Å². The lowest BCUT2D eigenvalue weighted by atomic mass is 9.90. The van der Waals surface area contributed by atoms with Crippen LogP contribution in [0.2, 0.25) is 0 Å². The fourth-order valence-electron chi connectivity index (χ4n) is 4.22. The molecule has 0 radical (unpaired) electrons. The summed E-state index contributed by atoms with van der Waals surface area (Å²) in [6.07, 6.45) is 2.92. The van der Waals surface area contributed by atoms with Crippen LogP contribution in [0.4, 0.5) is 4.79 Å². The van der Waals surface area contributed by atoms with Gasteiger partial charge in [-0.3, -0.25) is 9.59 Å². The first-order chi connectivity index (χ1) is 12.8. The maximum atomic E-state index is 12.9. The van der Waals surface area contributed by atoms with Gasteiger partial charge in [0.25, 0.3) is 11.5 Å². The van der Waals surface area contributed by atoms with Crippen molar-refractivity contribution in [2.75, 3.05) is 19.6 Å². The van der Waals surface area contributed by atoms with Crippen molar-refractivity contribution in [2.45, 2.75) is 65.0 Å². The third-order valence-electron chi connectivity index (χ3n) is 5.78. The van der Waals surface area contributed by atoms with Crippen molar-refractivity contribution in [3.05, 3.63) is 33.2 Å². The number of carbonyl (C=O) groups is 2. The number of hydrogen-bond donors (Lipinski definition) is 1. The minimum atomic E-state index is -0.509. The fraction of sp³-hybridized carbons (Fsp3) is 0.650. The summed E-state index contributed by atoms with van der Waals surface area (Å²) in [6, 6.07) is 1.97. The Morgan fingerprint density at radius 1 is 1.30 bits per heavy atom. The molecule has 0 unspecified atom stereocenters. The molecule has 2 aliphatic heterocycles. The van der Waals surface area contributed by atoms with Crippen molar-refractivity contribution in [3.63, 3.8) is 0 Å². The Balaban J connectivity index is 1.68.